The molecule has 18 heavy (non-hydrogen) atoms. The predicted molar refractivity (Wildman–Crippen MR) is 76.0 cm³/mol. The molecule has 0 amide bonds. The van der Waals surface area contributed by atoms with Crippen LogP contribution in [0.4, 0.5) is 5.69 Å². The zero-order valence-corrected chi connectivity index (χ0v) is 12.1. The summed E-state index contributed by atoms with van der Waals surface area (Å²) >= 11 is 3.38. The van der Waals surface area contributed by atoms with Gasteiger partial charge >= 0.3 is 0 Å². The summed E-state index contributed by atoms with van der Waals surface area (Å²) in [7, 11) is -2.91. The number of amidine groups is 1. The molecule has 98 valence electrons. The van der Waals surface area contributed by atoms with Crippen molar-refractivity contribution in [3.63, 3.8) is 0 Å². The number of sulfone groups is 1. The highest BCUT2D eigenvalue weighted by atomic mass is 79.9. The van der Waals surface area contributed by atoms with Crippen LogP contribution in [0.2, 0.25) is 0 Å². The number of nitrogens with zero attached hydrogens (tertiary/aromatic N) is 1. The second-order valence-corrected chi connectivity index (χ2v) is 7.43. The van der Waals surface area contributed by atoms with Gasteiger partial charge in [0.05, 0.1) is 11.5 Å². The molecule has 5 nitrogen and oxygen atoms in total. The Kier molecular flexibility index (Phi) is 3.63. The van der Waals surface area contributed by atoms with Gasteiger partial charge in [-0.1, -0.05) is 15.9 Å². The molecule has 1 aromatic carbocycles. The summed E-state index contributed by atoms with van der Waals surface area (Å²) in [6.45, 7) is 0.887. The second-order valence-electron chi connectivity index (χ2n) is 4.21. The monoisotopic (exact) mass is 331 g/mol. The Morgan fingerprint density at radius 1 is 1.33 bits per heavy atom. The molecule has 0 radical (unpaired) electrons. The van der Waals surface area contributed by atoms with Crippen LogP contribution in [0.3, 0.4) is 0 Å². The smallest absolute Gasteiger partial charge is 0.153 e. The SMILES string of the molecule is N=C(N)c1ccc(Br)cc1N1CCS(=O)(=O)CC1. The highest BCUT2D eigenvalue weighted by molar-refractivity contribution is 9.10. The number of nitrogens with two attached hydrogens (primary N) is 1. The van der Waals surface area contributed by atoms with Crippen LogP contribution in [0.15, 0.2) is 22.7 Å². The fourth-order valence-electron chi connectivity index (χ4n) is 1.95. The molecule has 1 aliphatic rings. The fourth-order valence-corrected chi connectivity index (χ4v) is 3.50. The molecule has 1 fully saturated rings. The minimum Gasteiger partial charge on any atom is -0.384 e. The summed E-state index contributed by atoms with van der Waals surface area (Å²) in [6.07, 6.45) is 0. The number of rotatable bonds is 2. The lowest BCUT2D eigenvalue weighted by molar-refractivity contribution is 0.587. The van der Waals surface area contributed by atoms with Crippen LogP contribution in [0.1, 0.15) is 5.56 Å². The van der Waals surface area contributed by atoms with Gasteiger partial charge in [0.15, 0.2) is 9.84 Å². The molecule has 3 N–H and O–H groups in total. The third-order valence-corrected chi connectivity index (χ3v) is 5.04. The van der Waals surface area contributed by atoms with Crippen molar-refractivity contribution >= 4 is 37.3 Å². The summed E-state index contributed by atoms with van der Waals surface area (Å²) in [5, 5.41) is 7.56. The van der Waals surface area contributed by atoms with Crippen LogP contribution < -0.4 is 10.6 Å². The van der Waals surface area contributed by atoms with E-state index in [2.05, 4.69) is 15.9 Å². The van der Waals surface area contributed by atoms with Gasteiger partial charge in [-0.05, 0) is 18.2 Å². The average Bonchev–Trinajstić information content (AvgIpc) is 2.28. The molecule has 0 unspecified atom stereocenters. The van der Waals surface area contributed by atoms with Crippen LogP contribution in [0.5, 0.6) is 0 Å². The summed E-state index contributed by atoms with van der Waals surface area (Å²) in [6, 6.07) is 5.46. The van der Waals surface area contributed by atoms with Gasteiger partial charge in [-0.3, -0.25) is 5.41 Å². The van der Waals surface area contributed by atoms with Crippen molar-refractivity contribution in [2.75, 3.05) is 29.5 Å². The number of benzene rings is 1. The molecular weight excluding hydrogens is 318 g/mol. The van der Waals surface area contributed by atoms with Gasteiger partial charge in [0, 0.05) is 28.8 Å². The third-order valence-electron chi connectivity index (χ3n) is 2.94. The molecule has 7 heteroatoms. The summed E-state index contributed by atoms with van der Waals surface area (Å²) < 4.78 is 23.7. The molecule has 0 aliphatic carbocycles. The van der Waals surface area contributed by atoms with Gasteiger partial charge in [0.2, 0.25) is 0 Å². The van der Waals surface area contributed by atoms with Crippen LogP contribution in [-0.2, 0) is 9.84 Å². The number of anilines is 1. The van der Waals surface area contributed by atoms with E-state index < -0.39 is 9.84 Å². The minimum absolute atomic E-state index is 0.00840. The molecule has 0 aromatic heterocycles. The van der Waals surface area contributed by atoms with Gasteiger partial charge in [-0.15, -0.1) is 0 Å². The fraction of sp³-hybridized carbons (Fsp3) is 0.364. The highest BCUT2D eigenvalue weighted by Gasteiger charge is 2.23. The Morgan fingerprint density at radius 3 is 2.50 bits per heavy atom. The maximum absolute atomic E-state index is 11.4. The first-order valence-corrected chi connectivity index (χ1v) is 8.10. The first-order chi connectivity index (χ1) is 8.39. The van der Waals surface area contributed by atoms with Crippen LogP contribution in [-0.4, -0.2) is 38.8 Å². The van der Waals surface area contributed by atoms with Crippen molar-refractivity contribution in [3.05, 3.63) is 28.2 Å². The minimum atomic E-state index is -2.91. The van der Waals surface area contributed by atoms with Gasteiger partial charge in [0.1, 0.15) is 5.84 Å². The zero-order valence-electron chi connectivity index (χ0n) is 9.69. The van der Waals surface area contributed by atoms with Crippen molar-refractivity contribution in [1.82, 2.24) is 0 Å². The number of hydrogen-bond donors (Lipinski definition) is 2. The zero-order chi connectivity index (χ0) is 13.3. The van der Waals surface area contributed by atoms with Crippen molar-refractivity contribution in [1.29, 1.82) is 5.41 Å². The average molecular weight is 332 g/mol. The number of hydrogen-bond acceptors (Lipinski definition) is 4. The summed E-state index contributed by atoms with van der Waals surface area (Å²) in [5.41, 5.74) is 7.00. The van der Waals surface area contributed by atoms with Gasteiger partial charge < -0.3 is 10.6 Å². The Morgan fingerprint density at radius 2 is 1.94 bits per heavy atom. The second kappa shape index (κ2) is 4.89. The van der Waals surface area contributed by atoms with E-state index in [1.807, 2.05) is 17.0 Å². The summed E-state index contributed by atoms with van der Waals surface area (Å²) in [5.74, 6) is 0.291. The molecule has 2 rings (SSSR count). The van der Waals surface area contributed by atoms with Gasteiger partial charge in [-0.2, -0.15) is 0 Å². The number of halogens is 1. The molecule has 1 aliphatic heterocycles. The highest BCUT2D eigenvalue weighted by Crippen LogP contribution is 2.26. The molecule has 1 heterocycles. The molecule has 0 spiro atoms. The molecule has 1 aromatic rings. The van der Waals surface area contributed by atoms with Crippen molar-refractivity contribution in [2.24, 2.45) is 5.73 Å². The topological polar surface area (TPSA) is 87.2 Å². The Hall–Kier alpha value is -1.08. The lowest BCUT2D eigenvalue weighted by atomic mass is 10.1. The quantitative estimate of drug-likeness (QED) is 0.624. The van der Waals surface area contributed by atoms with Crippen molar-refractivity contribution in [2.45, 2.75) is 0 Å². The van der Waals surface area contributed by atoms with Gasteiger partial charge in [0.25, 0.3) is 0 Å². The van der Waals surface area contributed by atoms with Crippen molar-refractivity contribution < 1.29 is 8.42 Å². The van der Waals surface area contributed by atoms with Crippen LogP contribution in [0.25, 0.3) is 0 Å². The molecular formula is C11H14BrN3O2S. The lowest BCUT2D eigenvalue weighted by Gasteiger charge is -2.30. The Labute approximate surface area is 115 Å². The number of nitrogens with one attached hydrogen (secondary N) is 1. The predicted octanol–water partition coefficient (Wildman–Crippen LogP) is 0.968. The van der Waals surface area contributed by atoms with E-state index in [4.69, 9.17) is 11.1 Å². The van der Waals surface area contributed by atoms with E-state index in [1.165, 1.54) is 0 Å². The van der Waals surface area contributed by atoms with E-state index in [0.29, 0.717) is 18.7 Å². The standard InChI is InChI=1S/C11H14BrN3O2S/c12-8-1-2-9(11(13)14)10(7-8)15-3-5-18(16,17)6-4-15/h1-2,7H,3-6H2,(H3,13,14). The lowest BCUT2D eigenvalue weighted by Crippen LogP contribution is -2.41. The normalized spacial score (nSPS) is 18.6. The Balaban J connectivity index is 2.33. The van der Waals surface area contributed by atoms with E-state index in [0.717, 1.165) is 10.2 Å². The maximum Gasteiger partial charge on any atom is 0.153 e. The van der Waals surface area contributed by atoms with Crippen LogP contribution in [0, 0.1) is 5.41 Å². The number of nitrogen functional groups attached to an aromatic ring is 1. The van der Waals surface area contributed by atoms with E-state index in [1.54, 1.807) is 6.07 Å². The Bertz CT molecular complexity index is 572. The first-order valence-electron chi connectivity index (χ1n) is 5.48. The molecule has 1 saturated heterocycles. The molecule has 0 saturated carbocycles. The van der Waals surface area contributed by atoms with Crippen LogP contribution >= 0.6 is 15.9 Å². The molecule has 0 bridgehead atoms. The van der Waals surface area contributed by atoms with E-state index >= 15 is 0 Å². The van der Waals surface area contributed by atoms with E-state index in [-0.39, 0.29) is 17.3 Å². The third kappa shape index (κ3) is 2.84. The first kappa shape index (κ1) is 13.4. The maximum atomic E-state index is 11.4. The molecule has 0 atom stereocenters. The van der Waals surface area contributed by atoms with Crippen molar-refractivity contribution in [3.8, 4) is 0 Å². The van der Waals surface area contributed by atoms with Gasteiger partial charge in [-0.25, -0.2) is 8.42 Å². The van der Waals surface area contributed by atoms with E-state index in [9.17, 15) is 8.42 Å². The largest absolute Gasteiger partial charge is 0.384 e. The summed E-state index contributed by atoms with van der Waals surface area (Å²) in [4.78, 5) is 1.96.